The normalized spacial score (nSPS) is 21.2. The number of anilines is 1. The van der Waals surface area contributed by atoms with Crippen LogP contribution < -0.4 is 5.32 Å². The smallest absolute Gasteiger partial charge is 0.354 e. The van der Waals surface area contributed by atoms with Gasteiger partial charge in [-0.25, -0.2) is 9.78 Å². The van der Waals surface area contributed by atoms with E-state index in [-0.39, 0.29) is 23.7 Å². The van der Waals surface area contributed by atoms with Crippen LogP contribution in [0, 0.1) is 10.1 Å². The number of nitrogens with zero attached hydrogens (tertiary/aromatic N) is 2. The van der Waals surface area contributed by atoms with E-state index in [0.29, 0.717) is 19.6 Å². The molecule has 2 heterocycles. The van der Waals surface area contributed by atoms with E-state index in [9.17, 15) is 14.9 Å². The number of carboxylic acid groups (broad SMARTS) is 1. The van der Waals surface area contributed by atoms with Crippen molar-refractivity contribution in [2.45, 2.75) is 12.0 Å². The minimum absolute atomic E-state index is 0.0942. The fourth-order valence-electron chi connectivity index (χ4n) is 2.05. The highest BCUT2D eigenvalue weighted by molar-refractivity contribution is 5.86. The van der Waals surface area contributed by atoms with Gasteiger partial charge in [-0.15, -0.1) is 0 Å². The van der Waals surface area contributed by atoms with E-state index < -0.39 is 16.5 Å². The lowest BCUT2D eigenvalue weighted by atomic mass is 10.0. The molecule has 9 nitrogen and oxygen atoms in total. The molecule has 21 heavy (non-hydrogen) atoms. The summed E-state index contributed by atoms with van der Waals surface area (Å²) >= 11 is 0. The summed E-state index contributed by atoms with van der Waals surface area (Å²) in [4.78, 5) is 25.0. The number of methoxy groups -OCH3 is 1. The molecule has 1 atom stereocenters. The van der Waals surface area contributed by atoms with Gasteiger partial charge in [-0.1, -0.05) is 0 Å². The molecule has 0 aliphatic carbocycles. The monoisotopic (exact) mass is 297 g/mol. The summed E-state index contributed by atoms with van der Waals surface area (Å²) in [5.41, 5.74) is -1.14. The fourth-order valence-corrected chi connectivity index (χ4v) is 2.05. The van der Waals surface area contributed by atoms with Crippen molar-refractivity contribution in [3.63, 3.8) is 0 Å². The summed E-state index contributed by atoms with van der Waals surface area (Å²) in [7, 11) is 1.53. The number of nitro groups is 1. The highest BCUT2D eigenvalue weighted by Crippen LogP contribution is 2.26. The van der Waals surface area contributed by atoms with Crippen molar-refractivity contribution in [2.24, 2.45) is 0 Å². The maximum atomic E-state index is 11.0. The van der Waals surface area contributed by atoms with Gasteiger partial charge in [-0.2, -0.15) is 0 Å². The molecule has 0 radical (unpaired) electrons. The van der Waals surface area contributed by atoms with Gasteiger partial charge < -0.3 is 19.9 Å². The molecule has 2 N–H and O–H groups in total. The summed E-state index contributed by atoms with van der Waals surface area (Å²) in [6, 6.07) is 2.21. The summed E-state index contributed by atoms with van der Waals surface area (Å²) in [6.45, 7) is 1.14. The number of ether oxygens (including phenoxy) is 2. The van der Waals surface area contributed by atoms with Crippen molar-refractivity contribution in [3.05, 3.63) is 27.9 Å². The molecule has 1 aromatic heterocycles. The van der Waals surface area contributed by atoms with E-state index in [1.807, 2.05) is 0 Å². The first-order valence-electron chi connectivity index (χ1n) is 6.23. The minimum atomic E-state index is -1.25. The Morgan fingerprint density at radius 1 is 1.67 bits per heavy atom. The second-order valence-electron chi connectivity index (χ2n) is 4.67. The summed E-state index contributed by atoms with van der Waals surface area (Å²) in [5, 5.41) is 22.7. The van der Waals surface area contributed by atoms with E-state index in [1.54, 1.807) is 0 Å². The van der Waals surface area contributed by atoms with E-state index >= 15 is 0 Å². The first-order chi connectivity index (χ1) is 9.97. The zero-order valence-electron chi connectivity index (χ0n) is 11.4. The molecular weight excluding hydrogens is 282 g/mol. The van der Waals surface area contributed by atoms with Crippen molar-refractivity contribution in [1.82, 2.24) is 4.98 Å². The quantitative estimate of drug-likeness (QED) is 0.586. The third kappa shape index (κ3) is 3.26. The number of aromatic carboxylic acids is 1. The second-order valence-corrected chi connectivity index (χ2v) is 4.67. The topological polar surface area (TPSA) is 124 Å². The van der Waals surface area contributed by atoms with Gasteiger partial charge in [0.2, 0.25) is 5.82 Å². The first-order valence-corrected chi connectivity index (χ1v) is 6.23. The van der Waals surface area contributed by atoms with Crippen LogP contribution in [-0.4, -0.2) is 53.5 Å². The maximum Gasteiger partial charge on any atom is 0.354 e. The van der Waals surface area contributed by atoms with Gasteiger partial charge in [0.15, 0.2) is 5.69 Å². The summed E-state index contributed by atoms with van der Waals surface area (Å²) in [6.07, 6.45) is 0.642. The van der Waals surface area contributed by atoms with Gasteiger partial charge in [0.1, 0.15) is 5.60 Å². The highest BCUT2D eigenvalue weighted by Gasteiger charge is 2.35. The molecule has 1 saturated heterocycles. The Morgan fingerprint density at radius 2 is 2.43 bits per heavy atom. The first kappa shape index (κ1) is 15.1. The summed E-state index contributed by atoms with van der Waals surface area (Å²) < 4.78 is 10.7. The Balaban J connectivity index is 2.22. The average Bonchev–Trinajstić information content (AvgIpc) is 2.94. The fraction of sp³-hybridized carbons (Fsp3) is 0.500. The Hall–Kier alpha value is -2.26. The standard InChI is InChI=1S/C12H15N3O6/c1-20-12(4-5-21-7-12)6-13-10-9(15(18)19)3-2-8(14-10)11(16)17/h2-3H,4-7H2,1H3,(H,13,14)(H,16,17). The number of aromatic nitrogens is 1. The zero-order chi connectivity index (χ0) is 15.5. The summed E-state index contributed by atoms with van der Waals surface area (Å²) in [5.74, 6) is -1.35. The van der Waals surface area contributed by atoms with E-state index in [4.69, 9.17) is 14.6 Å². The lowest BCUT2D eigenvalue weighted by molar-refractivity contribution is -0.384. The molecule has 1 fully saturated rings. The van der Waals surface area contributed by atoms with Crippen molar-refractivity contribution in [2.75, 3.05) is 32.2 Å². The molecule has 1 aliphatic rings. The third-order valence-corrected chi connectivity index (χ3v) is 3.37. The average molecular weight is 297 g/mol. The Kier molecular flexibility index (Phi) is 4.34. The lowest BCUT2D eigenvalue weighted by Crippen LogP contribution is -2.39. The number of carbonyl (C=O) groups is 1. The van der Waals surface area contributed by atoms with Crippen LogP contribution in [0.2, 0.25) is 0 Å². The van der Waals surface area contributed by atoms with Gasteiger partial charge >= 0.3 is 11.7 Å². The van der Waals surface area contributed by atoms with E-state index in [2.05, 4.69) is 10.3 Å². The van der Waals surface area contributed by atoms with Crippen molar-refractivity contribution < 1.29 is 24.3 Å². The number of rotatable bonds is 6. The van der Waals surface area contributed by atoms with Gasteiger partial charge in [0, 0.05) is 32.7 Å². The second kappa shape index (κ2) is 6.02. The molecule has 0 amide bonds. The molecule has 0 bridgehead atoms. The molecule has 9 heteroatoms. The maximum absolute atomic E-state index is 11.0. The van der Waals surface area contributed by atoms with Crippen molar-refractivity contribution in [3.8, 4) is 0 Å². The number of pyridine rings is 1. The van der Waals surface area contributed by atoms with Gasteiger partial charge in [-0.05, 0) is 6.07 Å². The van der Waals surface area contributed by atoms with Crippen LogP contribution in [-0.2, 0) is 9.47 Å². The van der Waals surface area contributed by atoms with Gasteiger partial charge in [0.05, 0.1) is 11.5 Å². The van der Waals surface area contributed by atoms with Crippen LogP contribution in [0.15, 0.2) is 12.1 Å². The van der Waals surface area contributed by atoms with E-state index in [1.165, 1.54) is 7.11 Å². The lowest BCUT2D eigenvalue weighted by Gasteiger charge is -2.26. The van der Waals surface area contributed by atoms with Crippen LogP contribution in [0.25, 0.3) is 0 Å². The molecule has 114 valence electrons. The van der Waals surface area contributed by atoms with Crippen LogP contribution in [0.5, 0.6) is 0 Å². The van der Waals surface area contributed by atoms with Crippen molar-refractivity contribution >= 4 is 17.5 Å². The molecule has 1 aliphatic heterocycles. The SMILES string of the molecule is COC1(CNc2nc(C(=O)O)ccc2[N+](=O)[O-])CCOC1. The molecular formula is C12H15N3O6. The Labute approximate surface area is 120 Å². The number of carboxylic acids is 1. The van der Waals surface area contributed by atoms with Gasteiger partial charge in [0.25, 0.3) is 0 Å². The number of nitrogens with one attached hydrogen (secondary N) is 1. The van der Waals surface area contributed by atoms with Crippen LogP contribution in [0.1, 0.15) is 16.9 Å². The van der Waals surface area contributed by atoms with Crippen LogP contribution >= 0.6 is 0 Å². The Morgan fingerprint density at radius 3 is 2.95 bits per heavy atom. The molecule has 0 saturated carbocycles. The predicted octanol–water partition coefficient (Wildman–Crippen LogP) is 0.905. The predicted molar refractivity (Wildman–Crippen MR) is 71.5 cm³/mol. The van der Waals surface area contributed by atoms with Crippen LogP contribution in [0.4, 0.5) is 11.5 Å². The molecule has 1 unspecified atom stereocenters. The largest absolute Gasteiger partial charge is 0.477 e. The van der Waals surface area contributed by atoms with Crippen LogP contribution in [0.3, 0.4) is 0 Å². The number of hydrogen-bond donors (Lipinski definition) is 2. The minimum Gasteiger partial charge on any atom is -0.477 e. The van der Waals surface area contributed by atoms with Crippen molar-refractivity contribution in [1.29, 1.82) is 0 Å². The molecule has 0 aromatic carbocycles. The zero-order valence-corrected chi connectivity index (χ0v) is 11.4. The molecule has 0 spiro atoms. The Bertz CT molecular complexity index is 556. The molecule has 2 rings (SSSR count). The van der Waals surface area contributed by atoms with E-state index in [0.717, 1.165) is 12.1 Å². The van der Waals surface area contributed by atoms with Gasteiger partial charge in [-0.3, -0.25) is 10.1 Å². The number of hydrogen-bond acceptors (Lipinski definition) is 7. The highest BCUT2D eigenvalue weighted by atomic mass is 16.6. The third-order valence-electron chi connectivity index (χ3n) is 3.37. The molecule has 1 aromatic rings.